The van der Waals surface area contributed by atoms with Gasteiger partial charge in [0.25, 0.3) is 5.56 Å². The van der Waals surface area contributed by atoms with Crippen molar-refractivity contribution >= 4 is 37.4 Å². The first-order valence-corrected chi connectivity index (χ1v) is 8.26. The first-order chi connectivity index (χ1) is 9.56. The van der Waals surface area contributed by atoms with E-state index in [0.717, 1.165) is 40.9 Å². The number of rotatable bonds is 2. The van der Waals surface area contributed by atoms with E-state index in [1.54, 1.807) is 23.0 Å². The van der Waals surface area contributed by atoms with Crippen LogP contribution in [-0.4, -0.2) is 35.3 Å². The average molecular weight is 357 g/mol. The smallest absolute Gasteiger partial charge is 0.259 e. The van der Waals surface area contributed by atoms with Gasteiger partial charge in [0, 0.05) is 37.3 Å². The molecule has 108 valence electrons. The van der Waals surface area contributed by atoms with Crippen molar-refractivity contribution in [2.75, 3.05) is 19.8 Å². The lowest BCUT2D eigenvalue weighted by atomic mass is 10.2. The quantitative estimate of drug-likeness (QED) is 0.829. The van der Waals surface area contributed by atoms with Gasteiger partial charge >= 0.3 is 0 Å². The third-order valence-corrected chi connectivity index (χ3v) is 5.74. The summed E-state index contributed by atoms with van der Waals surface area (Å²) in [6, 6.07) is 2.47. The van der Waals surface area contributed by atoms with Crippen LogP contribution in [0.3, 0.4) is 0 Å². The lowest BCUT2D eigenvalue weighted by molar-refractivity contribution is -0.00390. The molecule has 6 heteroatoms. The maximum atomic E-state index is 12.2. The molecule has 0 aliphatic carbocycles. The van der Waals surface area contributed by atoms with Gasteiger partial charge in [0.05, 0.1) is 27.8 Å². The molecule has 1 unspecified atom stereocenters. The molecule has 4 nitrogen and oxygen atoms in total. The van der Waals surface area contributed by atoms with Gasteiger partial charge in [-0.05, 0) is 28.9 Å². The highest BCUT2D eigenvalue weighted by Crippen LogP contribution is 2.31. The Labute approximate surface area is 130 Å². The fraction of sp³-hybridized carbons (Fsp3) is 0.500. The zero-order valence-electron chi connectivity index (χ0n) is 11.6. The van der Waals surface area contributed by atoms with Crippen molar-refractivity contribution < 1.29 is 4.74 Å². The van der Waals surface area contributed by atoms with Crippen molar-refractivity contribution in [3.63, 3.8) is 0 Å². The van der Waals surface area contributed by atoms with E-state index >= 15 is 0 Å². The van der Waals surface area contributed by atoms with Crippen LogP contribution in [0.4, 0.5) is 0 Å². The molecule has 0 saturated carbocycles. The maximum absolute atomic E-state index is 12.2. The molecule has 2 aromatic rings. The molecule has 3 rings (SSSR count). The number of fused-ring (bicyclic) bond motifs is 1. The van der Waals surface area contributed by atoms with E-state index in [1.807, 2.05) is 12.3 Å². The summed E-state index contributed by atoms with van der Waals surface area (Å²) in [5, 5.41) is 0.808. The van der Waals surface area contributed by atoms with E-state index in [0.29, 0.717) is 6.04 Å². The summed E-state index contributed by atoms with van der Waals surface area (Å²) in [5.74, 6) is 0. The zero-order valence-corrected chi connectivity index (χ0v) is 14.0. The zero-order chi connectivity index (χ0) is 14.3. The van der Waals surface area contributed by atoms with Gasteiger partial charge in [-0.3, -0.25) is 9.69 Å². The number of morpholine rings is 1. The predicted molar refractivity (Wildman–Crippen MR) is 85.5 cm³/mol. The Morgan fingerprint density at radius 2 is 2.35 bits per heavy atom. The molecule has 0 N–H and O–H groups in total. The number of hydrogen-bond donors (Lipinski definition) is 0. The van der Waals surface area contributed by atoms with E-state index in [2.05, 4.69) is 27.8 Å². The summed E-state index contributed by atoms with van der Waals surface area (Å²) in [4.78, 5) is 15.8. The molecule has 1 saturated heterocycles. The minimum absolute atomic E-state index is 0.0701. The van der Waals surface area contributed by atoms with Gasteiger partial charge in [0.15, 0.2) is 0 Å². The second-order valence-electron chi connectivity index (χ2n) is 5.24. The summed E-state index contributed by atoms with van der Waals surface area (Å²) in [7, 11) is 1.79. The summed E-state index contributed by atoms with van der Waals surface area (Å²) >= 11 is 5.25. The van der Waals surface area contributed by atoms with Crippen LogP contribution < -0.4 is 5.56 Å². The number of aromatic nitrogens is 1. The van der Waals surface area contributed by atoms with Gasteiger partial charge in [0.2, 0.25) is 0 Å². The van der Waals surface area contributed by atoms with Crippen LogP contribution in [0.1, 0.15) is 11.8 Å². The third-order valence-electron chi connectivity index (χ3n) is 3.72. The lowest BCUT2D eigenvalue weighted by Gasteiger charge is -2.32. The third kappa shape index (κ3) is 2.57. The molecule has 0 spiro atoms. The Hall–Kier alpha value is -0.690. The topological polar surface area (TPSA) is 34.5 Å². The van der Waals surface area contributed by atoms with Gasteiger partial charge < -0.3 is 9.30 Å². The Kier molecular flexibility index (Phi) is 3.99. The van der Waals surface area contributed by atoms with E-state index in [4.69, 9.17) is 4.74 Å². The summed E-state index contributed by atoms with van der Waals surface area (Å²) in [6.45, 7) is 5.60. The molecular weight excluding hydrogens is 340 g/mol. The molecule has 2 aromatic heterocycles. The molecule has 0 amide bonds. The highest BCUT2D eigenvalue weighted by atomic mass is 79.9. The molecule has 0 aromatic carbocycles. The number of nitrogens with zero attached hydrogens (tertiary/aromatic N) is 2. The number of thiophene rings is 1. The first-order valence-electron chi connectivity index (χ1n) is 6.65. The van der Waals surface area contributed by atoms with Crippen LogP contribution in [0.25, 0.3) is 10.1 Å². The molecular formula is C14H17BrN2O2S. The fourth-order valence-corrected chi connectivity index (χ4v) is 4.37. The number of ether oxygens (including phenoxy) is 1. The molecule has 20 heavy (non-hydrogen) atoms. The van der Waals surface area contributed by atoms with E-state index < -0.39 is 0 Å². The second-order valence-corrected chi connectivity index (χ2v) is 7.23. The van der Waals surface area contributed by atoms with Gasteiger partial charge in [-0.15, -0.1) is 11.3 Å². The standard InChI is InChI=1S/C14H17BrN2O2S/c1-9-8-19-4-3-17(9)6-10-5-11-13(20-10)12(15)7-16(2)14(11)18/h5,7,9H,3-4,6,8H2,1-2H3. The van der Waals surface area contributed by atoms with Crippen LogP contribution in [0.15, 0.2) is 21.5 Å². The molecule has 1 atom stereocenters. The van der Waals surface area contributed by atoms with Crippen molar-refractivity contribution in [2.45, 2.75) is 19.5 Å². The highest BCUT2D eigenvalue weighted by molar-refractivity contribution is 9.10. The van der Waals surface area contributed by atoms with Gasteiger partial charge in [-0.1, -0.05) is 0 Å². The predicted octanol–water partition coefficient (Wildman–Crippen LogP) is 2.58. The van der Waals surface area contributed by atoms with Crippen LogP contribution in [0.2, 0.25) is 0 Å². The van der Waals surface area contributed by atoms with Crippen molar-refractivity contribution in [1.82, 2.24) is 9.47 Å². The molecule has 1 aliphatic heterocycles. The average Bonchev–Trinajstić information content (AvgIpc) is 2.83. The monoisotopic (exact) mass is 356 g/mol. The summed E-state index contributed by atoms with van der Waals surface area (Å²) < 4.78 is 9.12. The lowest BCUT2D eigenvalue weighted by Crippen LogP contribution is -2.42. The van der Waals surface area contributed by atoms with Crippen LogP contribution in [0, 0.1) is 0 Å². The van der Waals surface area contributed by atoms with Crippen molar-refractivity contribution in [1.29, 1.82) is 0 Å². The number of aryl methyl sites for hydroxylation is 1. The van der Waals surface area contributed by atoms with Crippen LogP contribution >= 0.6 is 27.3 Å². The highest BCUT2D eigenvalue weighted by Gasteiger charge is 2.20. The van der Waals surface area contributed by atoms with Crippen molar-refractivity contribution in [2.24, 2.45) is 7.05 Å². The molecule has 0 bridgehead atoms. The molecule has 3 heterocycles. The van der Waals surface area contributed by atoms with Gasteiger partial charge in [0.1, 0.15) is 0 Å². The molecule has 1 fully saturated rings. The SMILES string of the molecule is CC1COCCN1Cc1cc2c(=O)n(C)cc(Br)c2s1. The largest absolute Gasteiger partial charge is 0.379 e. The number of pyridine rings is 1. The van der Waals surface area contributed by atoms with E-state index in [9.17, 15) is 4.79 Å². The van der Waals surface area contributed by atoms with Crippen LogP contribution in [-0.2, 0) is 18.3 Å². The van der Waals surface area contributed by atoms with Gasteiger partial charge in [-0.25, -0.2) is 0 Å². The number of hydrogen-bond acceptors (Lipinski definition) is 4. The Bertz CT molecular complexity index is 694. The maximum Gasteiger partial charge on any atom is 0.259 e. The summed E-state index contributed by atoms with van der Waals surface area (Å²) in [5.41, 5.74) is 0.0701. The normalized spacial score (nSPS) is 20.6. The Balaban J connectivity index is 1.95. The fourth-order valence-electron chi connectivity index (χ4n) is 2.53. The van der Waals surface area contributed by atoms with Crippen molar-refractivity contribution in [3.05, 3.63) is 32.0 Å². The Morgan fingerprint density at radius 1 is 1.55 bits per heavy atom. The molecule has 1 aliphatic rings. The van der Waals surface area contributed by atoms with E-state index in [-0.39, 0.29) is 5.56 Å². The second kappa shape index (κ2) is 5.60. The molecule has 0 radical (unpaired) electrons. The van der Waals surface area contributed by atoms with Crippen molar-refractivity contribution in [3.8, 4) is 0 Å². The number of halogens is 1. The van der Waals surface area contributed by atoms with E-state index in [1.165, 1.54) is 4.88 Å². The first kappa shape index (κ1) is 14.3. The summed E-state index contributed by atoms with van der Waals surface area (Å²) in [6.07, 6.45) is 1.84. The van der Waals surface area contributed by atoms with Gasteiger partial charge in [-0.2, -0.15) is 0 Å². The minimum atomic E-state index is 0.0701. The van der Waals surface area contributed by atoms with Crippen LogP contribution in [0.5, 0.6) is 0 Å². The Morgan fingerprint density at radius 3 is 3.10 bits per heavy atom. The minimum Gasteiger partial charge on any atom is -0.379 e.